The van der Waals surface area contributed by atoms with E-state index < -0.39 is 0 Å². The highest BCUT2D eigenvalue weighted by Gasteiger charge is 2.17. The second kappa shape index (κ2) is 14.4. The Labute approximate surface area is 174 Å². The summed E-state index contributed by atoms with van der Waals surface area (Å²) < 4.78 is 4.90. The summed E-state index contributed by atoms with van der Waals surface area (Å²) >= 11 is 0. The number of hydrogen-bond acceptors (Lipinski definition) is 0. The lowest BCUT2D eigenvalue weighted by Crippen LogP contribution is -2.37. The summed E-state index contributed by atoms with van der Waals surface area (Å²) in [4.78, 5) is 0. The highest BCUT2D eigenvalue weighted by molar-refractivity contribution is 5.31. The number of hydrogen-bond donors (Lipinski definition) is 0. The maximum Gasteiger partial charge on any atom is 0.261 e. The van der Waals surface area contributed by atoms with Crippen LogP contribution in [0.2, 0.25) is 0 Å². The SMILES string of the molecule is CCCCCCCCCCCC[n+]1ccn(-c2ccccc2)c1CCCCC. The third-order valence-corrected chi connectivity index (χ3v) is 5.80. The Morgan fingerprint density at radius 2 is 1.25 bits per heavy atom. The summed E-state index contributed by atoms with van der Waals surface area (Å²) in [6.45, 7) is 5.74. The number of imidazole rings is 1. The molecule has 0 atom stereocenters. The number of unbranched alkanes of at least 4 members (excludes halogenated alkanes) is 11. The first-order valence-electron chi connectivity index (χ1n) is 12.0. The van der Waals surface area contributed by atoms with E-state index >= 15 is 0 Å². The molecule has 0 saturated heterocycles. The lowest BCUT2D eigenvalue weighted by Gasteiger charge is -2.06. The fourth-order valence-electron chi connectivity index (χ4n) is 4.05. The van der Waals surface area contributed by atoms with Crippen LogP contribution in [-0.4, -0.2) is 4.57 Å². The van der Waals surface area contributed by atoms with Crippen molar-refractivity contribution in [3.8, 4) is 5.69 Å². The van der Waals surface area contributed by atoms with Gasteiger partial charge in [-0.15, -0.1) is 0 Å². The van der Waals surface area contributed by atoms with Gasteiger partial charge in [0.05, 0.1) is 6.54 Å². The van der Waals surface area contributed by atoms with E-state index in [4.69, 9.17) is 0 Å². The summed E-state index contributed by atoms with van der Waals surface area (Å²) in [6.07, 6.45) is 23.6. The van der Waals surface area contributed by atoms with Gasteiger partial charge in [0.25, 0.3) is 5.82 Å². The molecule has 1 aromatic heterocycles. The zero-order valence-electron chi connectivity index (χ0n) is 18.5. The fraction of sp³-hybridized carbons (Fsp3) is 0.654. The summed E-state index contributed by atoms with van der Waals surface area (Å²) in [5.74, 6) is 1.47. The second-order valence-corrected chi connectivity index (χ2v) is 8.25. The number of aryl methyl sites for hydroxylation is 1. The van der Waals surface area contributed by atoms with Crippen molar-refractivity contribution < 1.29 is 4.57 Å². The molecule has 2 aromatic rings. The van der Waals surface area contributed by atoms with E-state index in [1.807, 2.05) is 0 Å². The van der Waals surface area contributed by atoms with Gasteiger partial charge in [0.15, 0.2) is 0 Å². The van der Waals surface area contributed by atoms with E-state index in [-0.39, 0.29) is 0 Å². The number of benzene rings is 1. The molecule has 0 fully saturated rings. The van der Waals surface area contributed by atoms with Crippen molar-refractivity contribution in [2.75, 3.05) is 0 Å². The first-order chi connectivity index (χ1) is 13.9. The minimum Gasteiger partial charge on any atom is -0.234 e. The van der Waals surface area contributed by atoms with Gasteiger partial charge in [0.1, 0.15) is 18.1 Å². The summed E-state index contributed by atoms with van der Waals surface area (Å²) in [6, 6.07) is 10.8. The largest absolute Gasteiger partial charge is 0.261 e. The molecule has 0 aliphatic heterocycles. The van der Waals surface area contributed by atoms with E-state index in [1.54, 1.807) is 0 Å². The van der Waals surface area contributed by atoms with Crippen molar-refractivity contribution in [2.24, 2.45) is 0 Å². The minimum absolute atomic E-state index is 1.16. The summed E-state index contributed by atoms with van der Waals surface area (Å²) in [5.41, 5.74) is 1.29. The Kier molecular flexibility index (Phi) is 11.7. The van der Waals surface area contributed by atoms with Gasteiger partial charge in [0.2, 0.25) is 0 Å². The zero-order valence-corrected chi connectivity index (χ0v) is 18.5. The first kappa shape index (κ1) is 22.7. The molecule has 0 amide bonds. The molecule has 0 radical (unpaired) electrons. The molecule has 1 aromatic carbocycles. The van der Waals surface area contributed by atoms with E-state index in [0.29, 0.717) is 0 Å². The predicted octanol–water partition coefficient (Wildman–Crippen LogP) is 7.42. The Morgan fingerprint density at radius 1 is 0.679 bits per heavy atom. The molecule has 2 rings (SSSR count). The highest BCUT2D eigenvalue weighted by Crippen LogP contribution is 2.13. The van der Waals surface area contributed by atoms with Crippen LogP contribution in [0.3, 0.4) is 0 Å². The van der Waals surface area contributed by atoms with Gasteiger partial charge in [-0.3, -0.25) is 0 Å². The summed E-state index contributed by atoms with van der Waals surface area (Å²) in [5, 5.41) is 0. The van der Waals surface area contributed by atoms with Crippen molar-refractivity contribution in [1.82, 2.24) is 4.57 Å². The van der Waals surface area contributed by atoms with Crippen LogP contribution in [0.1, 0.15) is 103 Å². The fourth-order valence-corrected chi connectivity index (χ4v) is 4.05. The molecule has 156 valence electrons. The molecule has 0 bridgehead atoms. The van der Waals surface area contributed by atoms with E-state index in [9.17, 15) is 0 Å². The number of nitrogens with zero attached hydrogens (tertiary/aromatic N) is 2. The maximum absolute atomic E-state index is 2.51. The van der Waals surface area contributed by atoms with Crippen LogP contribution in [-0.2, 0) is 13.0 Å². The molecule has 1 heterocycles. The maximum atomic E-state index is 2.51. The molecular weight excluding hydrogens is 340 g/mol. The molecular formula is C26H43N2+. The van der Waals surface area contributed by atoms with E-state index in [1.165, 1.54) is 101 Å². The lowest BCUT2D eigenvalue weighted by molar-refractivity contribution is -0.704. The van der Waals surface area contributed by atoms with Crippen molar-refractivity contribution in [3.63, 3.8) is 0 Å². The molecule has 2 heteroatoms. The Balaban J connectivity index is 1.76. The molecule has 0 aliphatic rings. The molecule has 0 N–H and O–H groups in total. The molecule has 0 saturated carbocycles. The quantitative estimate of drug-likeness (QED) is 0.211. The highest BCUT2D eigenvalue weighted by atomic mass is 15.1. The number of aromatic nitrogens is 2. The molecule has 2 nitrogen and oxygen atoms in total. The normalized spacial score (nSPS) is 11.2. The van der Waals surface area contributed by atoms with E-state index in [2.05, 4.69) is 65.7 Å². The second-order valence-electron chi connectivity index (χ2n) is 8.25. The third kappa shape index (κ3) is 8.20. The minimum atomic E-state index is 1.16. The predicted molar refractivity (Wildman–Crippen MR) is 121 cm³/mol. The van der Waals surface area contributed by atoms with Gasteiger partial charge in [-0.25, -0.2) is 4.57 Å². The van der Waals surface area contributed by atoms with Crippen molar-refractivity contribution >= 4 is 0 Å². The van der Waals surface area contributed by atoms with Crippen molar-refractivity contribution in [2.45, 2.75) is 110 Å². The van der Waals surface area contributed by atoms with E-state index in [0.717, 1.165) is 6.54 Å². The first-order valence-corrected chi connectivity index (χ1v) is 12.0. The number of rotatable bonds is 16. The molecule has 0 spiro atoms. The Morgan fingerprint density at radius 3 is 1.89 bits per heavy atom. The van der Waals surface area contributed by atoms with Crippen LogP contribution >= 0.6 is 0 Å². The van der Waals surface area contributed by atoms with Crippen molar-refractivity contribution in [1.29, 1.82) is 0 Å². The Bertz CT molecular complexity index is 615. The average Bonchev–Trinajstić information content (AvgIpc) is 3.13. The standard InChI is InChI=1S/C26H43N2/c1-3-5-7-8-9-10-11-12-13-18-22-27-23-24-28(25-19-16-14-17-20-25)26(27)21-15-6-4-2/h14,16-17,19-20,23-24H,3-13,15,18,21-22H2,1-2H3/q+1. The van der Waals surface area contributed by atoms with Gasteiger partial charge < -0.3 is 0 Å². The monoisotopic (exact) mass is 383 g/mol. The number of para-hydroxylation sites is 1. The molecule has 0 unspecified atom stereocenters. The van der Waals surface area contributed by atoms with Gasteiger partial charge >= 0.3 is 0 Å². The Hall–Kier alpha value is -1.57. The smallest absolute Gasteiger partial charge is 0.234 e. The summed E-state index contributed by atoms with van der Waals surface area (Å²) in [7, 11) is 0. The topological polar surface area (TPSA) is 8.81 Å². The lowest BCUT2D eigenvalue weighted by atomic mass is 10.1. The average molecular weight is 384 g/mol. The van der Waals surface area contributed by atoms with Crippen LogP contribution in [0.4, 0.5) is 0 Å². The van der Waals surface area contributed by atoms with Gasteiger partial charge in [-0.1, -0.05) is 96.3 Å². The molecule has 28 heavy (non-hydrogen) atoms. The van der Waals surface area contributed by atoms with Crippen LogP contribution in [0, 0.1) is 0 Å². The zero-order chi connectivity index (χ0) is 19.9. The molecule has 0 aliphatic carbocycles. The van der Waals surface area contributed by atoms with Crippen LogP contribution in [0.15, 0.2) is 42.7 Å². The van der Waals surface area contributed by atoms with Crippen molar-refractivity contribution in [3.05, 3.63) is 48.5 Å². The van der Waals surface area contributed by atoms with Gasteiger partial charge in [-0.05, 0) is 31.4 Å². The third-order valence-electron chi connectivity index (χ3n) is 5.80. The van der Waals surface area contributed by atoms with Crippen LogP contribution in [0.5, 0.6) is 0 Å². The van der Waals surface area contributed by atoms with Crippen LogP contribution in [0.25, 0.3) is 5.69 Å². The van der Waals surface area contributed by atoms with Crippen LogP contribution < -0.4 is 4.57 Å². The van der Waals surface area contributed by atoms with Gasteiger partial charge in [0, 0.05) is 6.42 Å². The van der Waals surface area contributed by atoms with Gasteiger partial charge in [-0.2, -0.15) is 4.57 Å².